The quantitative estimate of drug-likeness (QED) is 0.451. The summed E-state index contributed by atoms with van der Waals surface area (Å²) < 4.78 is 5.28. The van der Waals surface area contributed by atoms with E-state index in [1.807, 2.05) is 24.3 Å². The van der Waals surface area contributed by atoms with Crippen molar-refractivity contribution < 1.29 is 9.53 Å². The van der Waals surface area contributed by atoms with E-state index in [9.17, 15) is 4.79 Å². The lowest BCUT2D eigenvalue weighted by atomic mass is 9.84. The van der Waals surface area contributed by atoms with E-state index < -0.39 is 0 Å². The van der Waals surface area contributed by atoms with E-state index in [1.54, 1.807) is 12.1 Å². The molecular formula is C17H21ClO2. The van der Waals surface area contributed by atoms with Gasteiger partial charge in [-0.2, -0.15) is 0 Å². The van der Waals surface area contributed by atoms with Crippen molar-refractivity contribution >= 4 is 17.6 Å². The van der Waals surface area contributed by atoms with Crippen molar-refractivity contribution in [2.45, 2.75) is 32.1 Å². The number of benzene rings is 1. The maximum atomic E-state index is 11.8. The first-order chi connectivity index (χ1) is 9.81. The Bertz CT molecular complexity index is 447. The zero-order valence-electron chi connectivity index (χ0n) is 11.7. The highest BCUT2D eigenvalue weighted by Crippen LogP contribution is 2.30. The van der Waals surface area contributed by atoms with Gasteiger partial charge in [0.15, 0.2) is 0 Å². The van der Waals surface area contributed by atoms with Crippen LogP contribution >= 0.6 is 11.6 Å². The summed E-state index contributed by atoms with van der Waals surface area (Å²) in [4.78, 5) is 11.8. The van der Waals surface area contributed by atoms with Gasteiger partial charge in [-0.1, -0.05) is 43.0 Å². The average Bonchev–Trinajstić information content (AvgIpc) is 2.53. The molecule has 2 rings (SSSR count). The molecule has 1 aromatic carbocycles. The second kappa shape index (κ2) is 8.11. The van der Waals surface area contributed by atoms with Gasteiger partial charge in [-0.25, -0.2) is 4.79 Å². The third-order valence-electron chi connectivity index (χ3n) is 3.85. The van der Waals surface area contributed by atoms with Gasteiger partial charge in [0.1, 0.15) is 6.61 Å². The molecule has 0 heterocycles. The molecule has 0 aliphatic heterocycles. The molecule has 0 N–H and O–H groups in total. The maximum Gasteiger partial charge on any atom is 0.338 e. The van der Waals surface area contributed by atoms with Crippen LogP contribution in [0.2, 0.25) is 0 Å². The predicted molar refractivity (Wildman–Crippen MR) is 82.1 cm³/mol. The molecule has 2 nitrogen and oxygen atoms in total. The number of esters is 1. The maximum absolute atomic E-state index is 11.8. The highest BCUT2D eigenvalue weighted by atomic mass is 35.5. The molecule has 1 fully saturated rings. The van der Waals surface area contributed by atoms with Gasteiger partial charge in [0, 0.05) is 5.88 Å². The number of carbonyl (C=O) groups excluding carboxylic acids is 1. The van der Waals surface area contributed by atoms with Crippen LogP contribution in [-0.4, -0.2) is 18.5 Å². The lowest BCUT2D eigenvalue weighted by Crippen LogP contribution is -2.12. The van der Waals surface area contributed by atoms with E-state index in [0.717, 1.165) is 0 Å². The highest BCUT2D eigenvalue weighted by Gasteiger charge is 2.17. The van der Waals surface area contributed by atoms with E-state index in [2.05, 4.69) is 0 Å². The van der Waals surface area contributed by atoms with Crippen LogP contribution in [0.3, 0.4) is 0 Å². The summed E-state index contributed by atoms with van der Waals surface area (Å²) >= 11 is 6.02. The largest absolute Gasteiger partial charge is 0.458 e. The Hall–Kier alpha value is -1.28. The third kappa shape index (κ3) is 4.38. The fourth-order valence-corrected chi connectivity index (χ4v) is 3.01. The Labute approximate surface area is 125 Å². The molecule has 0 amide bonds. The van der Waals surface area contributed by atoms with E-state index >= 15 is 0 Å². The number of rotatable bonds is 5. The molecule has 0 aromatic heterocycles. The van der Waals surface area contributed by atoms with Gasteiger partial charge in [-0.05, 0) is 37.0 Å². The summed E-state index contributed by atoms with van der Waals surface area (Å²) in [6, 6.07) is 9.06. The summed E-state index contributed by atoms with van der Waals surface area (Å²) in [6.45, 7) is 0.312. The number of hydrogen-bond acceptors (Lipinski definition) is 2. The Morgan fingerprint density at radius 3 is 2.55 bits per heavy atom. The van der Waals surface area contributed by atoms with Crippen molar-refractivity contribution in [1.29, 1.82) is 0 Å². The van der Waals surface area contributed by atoms with Crippen molar-refractivity contribution in [3.8, 4) is 0 Å². The van der Waals surface area contributed by atoms with Crippen LogP contribution in [-0.2, 0) is 4.74 Å². The number of carbonyl (C=O) groups is 1. The van der Waals surface area contributed by atoms with Crippen LogP contribution in [0.5, 0.6) is 0 Å². The van der Waals surface area contributed by atoms with Crippen LogP contribution in [0, 0.1) is 5.92 Å². The number of halogens is 1. The van der Waals surface area contributed by atoms with Crippen LogP contribution in [0.4, 0.5) is 0 Å². The van der Waals surface area contributed by atoms with Crippen LogP contribution in [0.15, 0.2) is 42.0 Å². The van der Waals surface area contributed by atoms with Gasteiger partial charge in [0.25, 0.3) is 0 Å². The van der Waals surface area contributed by atoms with Crippen molar-refractivity contribution in [2.24, 2.45) is 5.92 Å². The summed E-state index contributed by atoms with van der Waals surface area (Å²) in [5.41, 5.74) is 1.82. The monoisotopic (exact) mass is 292 g/mol. The molecule has 0 spiro atoms. The molecule has 0 radical (unpaired) electrons. The van der Waals surface area contributed by atoms with Crippen LogP contribution in [0.25, 0.3) is 0 Å². The summed E-state index contributed by atoms with van der Waals surface area (Å²) in [5.74, 6) is 0.837. The number of ether oxygens (including phenoxy) is 1. The molecule has 1 aliphatic rings. The van der Waals surface area contributed by atoms with Crippen molar-refractivity contribution in [1.82, 2.24) is 0 Å². The average molecular weight is 293 g/mol. The molecule has 0 bridgehead atoms. The Morgan fingerprint density at radius 2 is 1.90 bits per heavy atom. The number of alkyl halides is 1. The topological polar surface area (TPSA) is 26.3 Å². The lowest BCUT2D eigenvalue weighted by molar-refractivity contribution is 0.0548. The zero-order chi connectivity index (χ0) is 14.2. The molecule has 0 saturated heterocycles. The van der Waals surface area contributed by atoms with E-state index in [1.165, 1.54) is 37.7 Å². The van der Waals surface area contributed by atoms with Crippen LogP contribution in [0.1, 0.15) is 42.5 Å². The second-order valence-corrected chi connectivity index (χ2v) is 5.48. The fraction of sp³-hybridized carbons (Fsp3) is 0.471. The zero-order valence-corrected chi connectivity index (χ0v) is 12.4. The minimum absolute atomic E-state index is 0.278. The van der Waals surface area contributed by atoms with Gasteiger partial charge in [0.2, 0.25) is 0 Å². The molecular weight excluding hydrogens is 272 g/mol. The lowest BCUT2D eigenvalue weighted by Gasteiger charge is -2.23. The molecule has 108 valence electrons. The first-order valence-corrected chi connectivity index (χ1v) is 7.82. The molecule has 1 aromatic rings. The van der Waals surface area contributed by atoms with Gasteiger partial charge in [0.05, 0.1) is 5.56 Å². The number of allylic oxidation sites excluding steroid dienone is 1. The first-order valence-electron chi connectivity index (χ1n) is 7.28. The van der Waals surface area contributed by atoms with E-state index in [4.69, 9.17) is 16.3 Å². The predicted octanol–water partition coefficient (Wildman–Crippen LogP) is 4.59. The van der Waals surface area contributed by atoms with E-state index in [-0.39, 0.29) is 5.97 Å². The molecule has 1 saturated carbocycles. The minimum Gasteiger partial charge on any atom is -0.458 e. The van der Waals surface area contributed by atoms with Crippen molar-refractivity contribution in [2.75, 3.05) is 12.5 Å². The molecule has 20 heavy (non-hydrogen) atoms. The fourth-order valence-electron chi connectivity index (χ4n) is 2.69. The minimum atomic E-state index is -0.278. The molecule has 3 heteroatoms. The normalized spacial score (nSPS) is 16.9. The SMILES string of the molecule is O=C(OCC=C(CCl)C1CCCCC1)c1ccccc1. The highest BCUT2D eigenvalue weighted by molar-refractivity contribution is 6.19. The Kier molecular flexibility index (Phi) is 6.13. The van der Waals surface area contributed by atoms with Crippen molar-refractivity contribution in [3.05, 3.63) is 47.5 Å². The first kappa shape index (κ1) is 15.1. The summed E-state index contributed by atoms with van der Waals surface area (Å²) in [6.07, 6.45) is 8.31. The smallest absolute Gasteiger partial charge is 0.338 e. The van der Waals surface area contributed by atoms with Crippen molar-refractivity contribution in [3.63, 3.8) is 0 Å². The third-order valence-corrected chi connectivity index (χ3v) is 4.16. The molecule has 0 atom stereocenters. The van der Waals surface area contributed by atoms with Gasteiger partial charge >= 0.3 is 5.97 Å². The van der Waals surface area contributed by atoms with Gasteiger partial charge in [-0.3, -0.25) is 0 Å². The van der Waals surface area contributed by atoms with Crippen LogP contribution < -0.4 is 0 Å². The second-order valence-electron chi connectivity index (χ2n) is 5.21. The standard InChI is InChI=1S/C17H21ClO2/c18-13-16(14-7-3-1-4-8-14)11-12-20-17(19)15-9-5-2-6-10-15/h2,5-6,9-11,14H,1,3-4,7-8,12-13H2. The molecule has 0 unspecified atom stereocenters. The Morgan fingerprint density at radius 1 is 1.20 bits per heavy atom. The van der Waals surface area contributed by atoms with Gasteiger partial charge < -0.3 is 4.74 Å². The van der Waals surface area contributed by atoms with Gasteiger partial charge in [-0.15, -0.1) is 11.6 Å². The Balaban J connectivity index is 1.86. The summed E-state index contributed by atoms with van der Waals surface area (Å²) in [7, 11) is 0. The molecule has 1 aliphatic carbocycles. The number of hydrogen-bond donors (Lipinski definition) is 0. The van der Waals surface area contributed by atoms with E-state index in [0.29, 0.717) is 24.0 Å². The summed E-state index contributed by atoms with van der Waals surface area (Å²) in [5, 5.41) is 0.